The van der Waals surface area contributed by atoms with Crippen LogP contribution in [0.5, 0.6) is 0 Å². The number of hydrogen-bond acceptors (Lipinski definition) is 5. The molecular weight excluding hydrogens is 296 g/mol. The maximum absolute atomic E-state index is 12.0. The molecule has 1 aromatic heterocycles. The number of sulfonamides is 1. The van der Waals surface area contributed by atoms with Gasteiger partial charge in [0, 0.05) is 18.0 Å². The summed E-state index contributed by atoms with van der Waals surface area (Å²) in [5, 5.41) is 0. The summed E-state index contributed by atoms with van der Waals surface area (Å²) in [4.78, 5) is 7.84. The van der Waals surface area contributed by atoms with Gasteiger partial charge >= 0.3 is 0 Å². The highest BCUT2D eigenvalue weighted by Crippen LogP contribution is 2.11. The molecule has 0 spiro atoms. The van der Waals surface area contributed by atoms with Crippen LogP contribution in [-0.2, 0) is 15.8 Å². The van der Waals surface area contributed by atoms with Crippen LogP contribution in [0.2, 0.25) is 0 Å². The molecule has 0 aliphatic rings. The number of rotatable bonds is 5. The summed E-state index contributed by atoms with van der Waals surface area (Å²) in [6.07, 6.45) is 2.91. The van der Waals surface area contributed by atoms with E-state index >= 15 is 0 Å². The summed E-state index contributed by atoms with van der Waals surface area (Å²) in [5.41, 5.74) is 6.73. The van der Waals surface area contributed by atoms with E-state index in [9.17, 15) is 8.42 Å². The minimum atomic E-state index is -3.59. The van der Waals surface area contributed by atoms with Crippen molar-refractivity contribution in [3.63, 3.8) is 0 Å². The molecule has 0 bridgehead atoms. The Morgan fingerprint density at radius 2 is 1.95 bits per heavy atom. The molecule has 0 saturated heterocycles. The van der Waals surface area contributed by atoms with Gasteiger partial charge in [0.05, 0.1) is 5.75 Å². The molecular formula is C12H12N4O2S2. The summed E-state index contributed by atoms with van der Waals surface area (Å²) in [6.45, 7) is 0. The zero-order valence-corrected chi connectivity index (χ0v) is 12.0. The molecule has 2 rings (SSSR count). The molecule has 1 heterocycles. The van der Waals surface area contributed by atoms with Crippen molar-refractivity contribution in [3.05, 3.63) is 53.9 Å². The quantitative estimate of drug-likeness (QED) is 0.801. The van der Waals surface area contributed by atoms with Crippen LogP contribution in [-0.4, -0.2) is 23.4 Å². The Bertz CT molecular complexity index is 717. The summed E-state index contributed by atoms with van der Waals surface area (Å²) in [6, 6.07) is 8.37. The summed E-state index contributed by atoms with van der Waals surface area (Å²) in [7, 11) is -3.59. The number of anilines is 1. The first-order valence-electron chi connectivity index (χ1n) is 5.62. The molecule has 1 aromatic carbocycles. The zero-order chi connectivity index (χ0) is 14.6. The van der Waals surface area contributed by atoms with Gasteiger partial charge in [0.2, 0.25) is 16.0 Å². The van der Waals surface area contributed by atoms with Crippen LogP contribution in [0.15, 0.2) is 42.7 Å². The maximum atomic E-state index is 12.0. The third-order valence-corrected chi connectivity index (χ3v) is 3.82. The molecule has 0 unspecified atom stereocenters. The average molecular weight is 308 g/mol. The minimum Gasteiger partial charge on any atom is -0.389 e. The number of nitrogens with two attached hydrogens (primary N) is 1. The number of hydrogen-bond donors (Lipinski definition) is 2. The fourth-order valence-corrected chi connectivity index (χ4v) is 2.76. The molecule has 8 heteroatoms. The van der Waals surface area contributed by atoms with Crippen LogP contribution in [0, 0.1) is 0 Å². The Morgan fingerprint density at radius 3 is 2.60 bits per heavy atom. The molecule has 0 aliphatic heterocycles. The molecule has 0 fully saturated rings. The maximum Gasteiger partial charge on any atom is 0.239 e. The molecule has 0 radical (unpaired) electrons. The first kappa shape index (κ1) is 14.4. The van der Waals surface area contributed by atoms with E-state index in [1.54, 1.807) is 30.3 Å². The highest BCUT2D eigenvalue weighted by Gasteiger charge is 2.13. The first-order chi connectivity index (χ1) is 9.46. The van der Waals surface area contributed by atoms with E-state index in [-0.39, 0.29) is 16.7 Å². The summed E-state index contributed by atoms with van der Waals surface area (Å²) < 4.78 is 26.3. The van der Waals surface area contributed by atoms with E-state index in [1.165, 1.54) is 12.4 Å². The Kier molecular flexibility index (Phi) is 4.26. The Hall–Kier alpha value is -2.06. The molecule has 6 nitrogen and oxygen atoms in total. The molecule has 0 saturated carbocycles. The average Bonchev–Trinajstić information content (AvgIpc) is 2.39. The smallest absolute Gasteiger partial charge is 0.239 e. The lowest BCUT2D eigenvalue weighted by Crippen LogP contribution is -2.17. The fourth-order valence-electron chi connectivity index (χ4n) is 1.56. The van der Waals surface area contributed by atoms with Gasteiger partial charge in [-0.1, -0.05) is 30.4 Å². The third kappa shape index (κ3) is 3.97. The number of aromatic nitrogens is 2. The number of thiocarbonyl (C=S) groups is 1. The van der Waals surface area contributed by atoms with Crippen molar-refractivity contribution < 1.29 is 8.42 Å². The summed E-state index contributed by atoms with van der Waals surface area (Å²) in [5.74, 6) is -0.167. The molecule has 104 valence electrons. The number of benzene rings is 1. The van der Waals surface area contributed by atoms with Gasteiger partial charge in [0.1, 0.15) is 4.99 Å². The van der Waals surface area contributed by atoms with Crippen molar-refractivity contribution >= 4 is 33.2 Å². The normalized spacial score (nSPS) is 11.0. The zero-order valence-electron chi connectivity index (χ0n) is 10.4. The van der Waals surface area contributed by atoms with Gasteiger partial charge in [-0.15, -0.1) is 0 Å². The van der Waals surface area contributed by atoms with Crippen molar-refractivity contribution in [1.29, 1.82) is 0 Å². The monoisotopic (exact) mass is 308 g/mol. The summed E-state index contributed by atoms with van der Waals surface area (Å²) >= 11 is 4.86. The van der Waals surface area contributed by atoms with Crippen LogP contribution in [0.3, 0.4) is 0 Å². The lowest BCUT2D eigenvalue weighted by molar-refractivity contribution is 0.600. The molecule has 3 N–H and O–H groups in total. The van der Waals surface area contributed by atoms with Crippen LogP contribution < -0.4 is 10.5 Å². The SMILES string of the molecule is NC(=S)c1cccc(CS(=O)(=O)Nc2ncccn2)c1. The van der Waals surface area contributed by atoms with Gasteiger partial charge in [0.15, 0.2) is 0 Å². The van der Waals surface area contributed by atoms with Gasteiger partial charge in [-0.2, -0.15) is 0 Å². The van der Waals surface area contributed by atoms with Gasteiger partial charge in [0.25, 0.3) is 0 Å². The Balaban J connectivity index is 2.16. The largest absolute Gasteiger partial charge is 0.389 e. The number of nitrogens with one attached hydrogen (secondary N) is 1. The lowest BCUT2D eigenvalue weighted by atomic mass is 10.1. The van der Waals surface area contributed by atoms with Crippen LogP contribution >= 0.6 is 12.2 Å². The van der Waals surface area contributed by atoms with Gasteiger partial charge in [-0.25, -0.2) is 18.4 Å². The molecule has 20 heavy (non-hydrogen) atoms. The van der Waals surface area contributed by atoms with E-state index in [2.05, 4.69) is 14.7 Å². The predicted octanol–water partition coefficient (Wildman–Crippen LogP) is 1.05. The van der Waals surface area contributed by atoms with Crippen molar-refractivity contribution in [3.8, 4) is 0 Å². The second kappa shape index (κ2) is 5.93. The topological polar surface area (TPSA) is 98.0 Å². The third-order valence-electron chi connectivity index (χ3n) is 2.38. The second-order valence-corrected chi connectivity index (χ2v) is 6.16. The highest BCUT2D eigenvalue weighted by atomic mass is 32.2. The highest BCUT2D eigenvalue weighted by molar-refractivity contribution is 7.91. The predicted molar refractivity (Wildman–Crippen MR) is 80.6 cm³/mol. The van der Waals surface area contributed by atoms with Crippen LogP contribution in [0.4, 0.5) is 5.95 Å². The van der Waals surface area contributed by atoms with Gasteiger partial charge in [-0.05, 0) is 17.7 Å². The van der Waals surface area contributed by atoms with E-state index < -0.39 is 10.0 Å². The van der Waals surface area contributed by atoms with Crippen molar-refractivity contribution in [2.24, 2.45) is 5.73 Å². The van der Waals surface area contributed by atoms with Crippen molar-refractivity contribution in [1.82, 2.24) is 9.97 Å². The van der Waals surface area contributed by atoms with Crippen molar-refractivity contribution in [2.75, 3.05) is 4.72 Å². The lowest BCUT2D eigenvalue weighted by Gasteiger charge is -2.07. The molecule has 0 amide bonds. The van der Waals surface area contributed by atoms with E-state index in [1.807, 2.05) is 0 Å². The fraction of sp³-hybridized carbons (Fsp3) is 0.0833. The Morgan fingerprint density at radius 1 is 1.25 bits per heavy atom. The van der Waals surface area contributed by atoms with Gasteiger partial charge < -0.3 is 5.73 Å². The standard InChI is InChI=1S/C12H12N4O2S2/c13-11(19)10-4-1-3-9(7-10)8-20(17,18)16-12-14-5-2-6-15-12/h1-7H,8H2,(H2,13,19)(H,14,15,16). The molecule has 0 atom stereocenters. The van der Waals surface area contributed by atoms with E-state index in [4.69, 9.17) is 18.0 Å². The van der Waals surface area contributed by atoms with Crippen LogP contribution in [0.1, 0.15) is 11.1 Å². The Labute approximate surface area is 122 Å². The number of nitrogens with zero attached hydrogens (tertiary/aromatic N) is 2. The van der Waals surface area contributed by atoms with Gasteiger partial charge in [-0.3, -0.25) is 4.72 Å². The van der Waals surface area contributed by atoms with Crippen molar-refractivity contribution in [2.45, 2.75) is 5.75 Å². The van der Waals surface area contributed by atoms with E-state index in [0.29, 0.717) is 11.1 Å². The minimum absolute atomic E-state index is 0.0398. The second-order valence-electron chi connectivity index (χ2n) is 4.00. The molecule has 2 aromatic rings. The molecule has 0 aliphatic carbocycles. The first-order valence-corrected chi connectivity index (χ1v) is 7.68. The van der Waals surface area contributed by atoms with Crippen LogP contribution in [0.25, 0.3) is 0 Å². The van der Waals surface area contributed by atoms with E-state index in [0.717, 1.165) is 0 Å².